The number of aliphatic hydroxyl groups excluding tert-OH is 1. The molecule has 2 saturated heterocycles. The van der Waals surface area contributed by atoms with E-state index in [1.165, 1.54) is 24.0 Å². The monoisotopic (exact) mass is 394 g/mol. The molecule has 2 bridgehead atoms. The maximum absolute atomic E-state index is 12.5. The van der Waals surface area contributed by atoms with Crippen molar-refractivity contribution in [3.8, 4) is 0 Å². The zero-order valence-corrected chi connectivity index (χ0v) is 17.5. The van der Waals surface area contributed by atoms with E-state index in [1.807, 2.05) is 18.2 Å². The SMILES string of the molecule is CCc1ccc(C[N+]2(C)[C@@H]3CC[C@H]2CC(OC(=O)C(O)c2ccccc2)C3)cc1. The number of aliphatic hydroxyl groups is 1. The Morgan fingerprint density at radius 2 is 1.62 bits per heavy atom. The number of ether oxygens (including phenoxy) is 1. The van der Waals surface area contributed by atoms with Crippen molar-refractivity contribution in [2.24, 2.45) is 0 Å². The van der Waals surface area contributed by atoms with Gasteiger partial charge in [-0.15, -0.1) is 0 Å². The summed E-state index contributed by atoms with van der Waals surface area (Å²) in [5.74, 6) is -0.521. The molecular weight excluding hydrogens is 362 g/mol. The van der Waals surface area contributed by atoms with Crippen LogP contribution in [0.25, 0.3) is 0 Å². The topological polar surface area (TPSA) is 46.5 Å². The molecule has 2 aliphatic heterocycles. The van der Waals surface area contributed by atoms with E-state index in [-0.39, 0.29) is 6.10 Å². The predicted molar refractivity (Wildman–Crippen MR) is 113 cm³/mol. The van der Waals surface area contributed by atoms with Gasteiger partial charge in [0, 0.05) is 31.2 Å². The molecule has 1 N–H and O–H groups in total. The lowest BCUT2D eigenvalue weighted by Crippen LogP contribution is -2.58. The third-order valence-corrected chi connectivity index (χ3v) is 7.15. The van der Waals surface area contributed by atoms with Crippen LogP contribution in [0.2, 0.25) is 0 Å². The Kier molecular flexibility index (Phi) is 5.75. The normalized spacial score (nSPS) is 29.4. The molecule has 4 heteroatoms. The van der Waals surface area contributed by atoms with E-state index in [9.17, 15) is 9.90 Å². The molecule has 154 valence electrons. The van der Waals surface area contributed by atoms with Crippen LogP contribution in [0.15, 0.2) is 54.6 Å². The first kappa shape index (κ1) is 20.1. The van der Waals surface area contributed by atoms with Crippen LogP contribution in [-0.4, -0.2) is 40.8 Å². The van der Waals surface area contributed by atoms with Gasteiger partial charge >= 0.3 is 5.97 Å². The number of carbonyl (C=O) groups is 1. The number of piperidine rings is 1. The Hall–Kier alpha value is -2.17. The molecular formula is C25H32NO3+. The van der Waals surface area contributed by atoms with Crippen LogP contribution in [0.3, 0.4) is 0 Å². The third kappa shape index (κ3) is 4.10. The van der Waals surface area contributed by atoms with Gasteiger partial charge in [0.25, 0.3) is 0 Å². The van der Waals surface area contributed by atoms with Gasteiger partial charge in [-0.25, -0.2) is 4.79 Å². The first-order valence-corrected chi connectivity index (χ1v) is 10.9. The molecule has 0 spiro atoms. The predicted octanol–water partition coefficient (Wildman–Crippen LogP) is 4.17. The molecule has 4 nitrogen and oxygen atoms in total. The van der Waals surface area contributed by atoms with Crippen LogP contribution >= 0.6 is 0 Å². The second kappa shape index (κ2) is 8.29. The van der Waals surface area contributed by atoms with Crippen LogP contribution in [0.1, 0.15) is 55.4 Å². The lowest BCUT2D eigenvalue weighted by molar-refractivity contribution is -0.961. The molecule has 0 radical (unpaired) electrons. The van der Waals surface area contributed by atoms with Crippen molar-refractivity contribution in [3.05, 3.63) is 71.3 Å². The number of fused-ring (bicyclic) bond motifs is 2. The molecule has 29 heavy (non-hydrogen) atoms. The molecule has 0 aromatic heterocycles. The fraction of sp³-hybridized carbons (Fsp3) is 0.480. The molecule has 4 rings (SSSR count). The van der Waals surface area contributed by atoms with Gasteiger partial charge in [-0.3, -0.25) is 0 Å². The van der Waals surface area contributed by atoms with Crippen LogP contribution in [0, 0.1) is 0 Å². The van der Waals surface area contributed by atoms with E-state index < -0.39 is 12.1 Å². The number of carbonyl (C=O) groups excluding carboxylic acids is 1. The number of hydrogen-bond acceptors (Lipinski definition) is 3. The summed E-state index contributed by atoms with van der Waals surface area (Å²) in [4.78, 5) is 12.5. The first-order valence-electron chi connectivity index (χ1n) is 10.9. The summed E-state index contributed by atoms with van der Waals surface area (Å²) in [6.07, 6.45) is 3.91. The summed E-state index contributed by atoms with van der Waals surface area (Å²) in [5.41, 5.74) is 3.35. The van der Waals surface area contributed by atoms with Gasteiger partial charge in [-0.05, 0) is 17.5 Å². The zero-order valence-electron chi connectivity index (χ0n) is 17.5. The standard InChI is InChI=1S/C25H32NO3/c1-3-18-9-11-19(12-10-18)17-26(2)21-13-14-22(26)16-23(15-21)29-25(28)24(27)20-7-5-4-6-8-20/h4-12,21-24,27H,3,13-17H2,1-2H3/q+1/t21-,22+,23?,24?,26?. The molecule has 3 unspecified atom stereocenters. The van der Waals surface area contributed by atoms with Gasteiger partial charge in [0.1, 0.15) is 12.6 Å². The van der Waals surface area contributed by atoms with E-state index in [0.29, 0.717) is 17.6 Å². The van der Waals surface area contributed by atoms with Crippen molar-refractivity contribution < 1.29 is 19.1 Å². The Morgan fingerprint density at radius 1 is 1.03 bits per heavy atom. The van der Waals surface area contributed by atoms with Gasteiger partial charge < -0.3 is 14.3 Å². The summed E-state index contributed by atoms with van der Waals surface area (Å²) in [5, 5.41) is 10.3. The Labute approximate surface area is 173 Å². The van der Waals surface area contributed by atoms with Crippen LogP contribution < -0.4 is 0 Å². The van der Waals surface area contributed by atoms with Crippen molar-refractivity contribution in [1.82, 2.24) is 0 Å². The fourth-order valence-electron chi connectivity index (χ4n) is 5.32. The van der Waals surface area contributed by atoms with E-state index in [2.05, 4.69) is 38.2 Å². The first-order chi connectivity index (χ1) is 14.0. The maximum atomic E-state index is 12.5. The number of rotatable bonds is 6. The molecule has 2 aliphatic rings. The molecule has 5 atom stereocenters. The number of hydrogen-bond donors (Lipinski definition) is 1. The Bertz CT molecular complexity index is 819. The molecule has 2 aromatic carbocycles. The van der Waals surface area contributed by atoms with Gasteiger partial charge in [0.2, 0.25) is 0 Å². The van der Waals surface area contributed by atoms with Gasteiger partial charge in [0.15, 0.2) is 6.10 Å². The minimum absolute atomic E-state index is 0.0907. The van der Waals surface area contributed by atoms with E-state index in [4.69, 9.17) is 4.74 Å². The van der Waals surface area contributed by atoms with Crippen molar-refractivity contribution in [3.63, 3.8) is 0 Å². The van der Waals surface area contributed by atoms with Crippen LogP contribution in [0.4, 0.5) is 0 Å². The van der Waals surface area contributed by atoms with Crippen molar-refractivity contribution >= 4 is 5.97 Å². The highest BCUT2D eigenvalue weighted by Gasteiger charge is 2.52. The minimum Gasteiger partial charge on any atom is -0.460 e. The summed E-state index contributed by atoms with van der Waals surface area (Å²) >= 11 is 0. The second-order valence-corrected chi connectivity index (χ2v) is 8.90. The Morgan fingerprint density at radius 3 is 2.21 bits per heavy atom. The van der Waals surface area contributed by atoms with E-state index >= 15 is 0 Å². The number of esters is 1. The smallest absolute Gasteiger partial charge is 0.339 e. The van der Waals surface area contributed by atoms with Crippen LogP contribution in [0.5, 0.6) is 0 Å². The molecule has 2 aromatic rings. The average Bonchev–Trinajstić information content (AvgIpc) is 2.91. The van der Waals surface area contributed by atoms with Crippen molar-refractivity contribution in [2.45, 2.75) is 69.9 Å². The fourth-order valence-corrected chi connectivity index (χ4v) is 5.32. The lowest BCUT2D eigenvalue weighted by atomic mass is 9.95. The van der Waals surface area contributed by atoms with Crippen molar-refractivity contribution in [2.75, 3.05) is 7.05 Å². The molecule has 0 saturated carbocycles. The highest BCUT2D eigenvalue weighted by atomic mass is 16.6. The van der Waals surface area contributed by atoms with E-state index in [0.717, 1.165) is 30.3 Å². The van der Waals surface area contributed by atoms with Gasteiger partial charge in [-0.2, -0.15) is 0 Å². The summed E-state index contributed by atoms with van der Waals surface area (Å²) < 4.78 is 6.81. The molecule has 2 fully saturated rings. The zero-order chi connectivity index (χ0) is 20.4. The average molecular weight is 395 g/mol. The minimum atomic E-state index is -1.20. The largest absolute Gasteiger partial charge is 0.460 e. The number of benzene rings is 2. The highest BCUT2D eigenvalue weighted by molar-refractivity contribution is 5.76. The third-order valence-electron chi connectivity index (χ3n) is 7.15. The van der Waals surface area contributed by atoms with Crippen molar-refractivity contribution in [1.29, 1.82) is 0 Å². The summed E-state index contributed by atoms with van der Waals surface area (Å²) in [7, 11) is 2.37. The Balaban J connectivity index is 1.40. The number of aryl methyl sites for hydroxylation is 1. The maximum Gasteiger partial charge on any atom is 0.339 e. The second-order valence-electron chi connectivity index (χ2n) is 8.90. The summed E-state index contributed by atoms with van der Waals surface area (Å²) in [6, 6.07) is 19.1. The molecule has 0 aliphatic carbocycles. The van der Waals surface area contributed by atoms with Gasteiger partial charge in [-0.1, -0.05) is 61.5 Å². The number of quaternary nitrogens is 1. The summed E-state index contributed by atoms with van der Waals surface area (Å²) in [6.45, 7) is 3.22. The van der Waals surface area contributed by atoms with Gasteiger partial charge in [0.05, 0.1) is 19.1 Å². The lowest BCUT2D eigenvalue weighted by Gasteiger charge is -2.47. The van der Waals surface area contributed by atoms with Crippen LogP contribution in [-0.2, 0) is 22.5 Å². The molecule has 0 amide bonds. The number of nitrogens with zero attached hydrogens (tertiary/aromatic N) is 1. The van der Waals surface area contributed by atoms with E-state index in [1.54, 1.807) is 12.1 Å². The quantitative estimate of drug-likeness (QED) is 0.591. The highest BCUT2D eigenvalue weighted by Crippen LogP contribution is 2.43. The molecule has 2 heterocycles.